The fourth-order valence-corrected chi connectivity index (χ4v) is 1.63. The van der Waals surface area contributed by atoms with Crippen molar-refractivity contribution in [3.8, 4) is 0 Å². The highest BCUT2D eigenvalue weighted by atomic mass is 16.5. The van der Waals surface area contributed by atoms with Gasteiger partial charge in [0.15, 0.2) is 0 Å². The molecule has 1 saturated heterocycles. The van der Waals surface area contributed by atoms with Crippen molar-refractivity contribution in [2.24, 2.45) is 0 Å². The monoisotopic (exact) mass is 170 g/mol. The summed E-state index contributed by atoms with van der Waals surface area (Å²) in [5, 5.41) is 0. The van der Waals surface area contributed by atoms with Crippen LogP contribution in [0.15, 0.2) is 0 Å². The van der Waals surface area contributed by atoms with E-state index in [0.29, 0.717) is 6.04 Å². The van der Waals surface area contributed by atoms with E-state index in [-0.39, 0.29) is 0 Å². The van der Waals surface area contributed by atoms with Gasteiger partial charge in [-0.25, -0.2) is 0 Å². The van der Waals surface area contributed by atoms with Crippen molar-refractivity contribution in [3.63, 3.8) is 0 Å². The first-order chi connectivity index (χ1) is 5.74. The SMILES string of the molecule is CCO[C]1CCCN(C(C)C)C1. The predicted molar refractivity (Wildman–Crippen MR) is 50.8 cm³/mol. The Hall–Kier alpha value is -0.0800. The van der Waals surface area contributed by atoms with E-state index in [1.54, 1.807) is 0 Å². The fraction of sp³-hybridized carbons (Fsp3) is 0.900. The van der Waals surface area contributed by atoms with E-state index in [4.69, 9.17) is 4.74 Å². The minimum Gasteiger partial charge on any atom is -0.371 e. The van der Waals surface area contributed by atoms with Crippen molar-refractivity contribution >= 4 is 0 Å². The van der Waals surface area contributed by atoms with Crippen LogP contribution in [0.3, 0.4) is 0 Å². The summed E-state index contributed by atoms with van der Waals surface area (Å²) < 4.78 is 5.54. The van der Waals surface area contributed by atoms with Crippen LogP contribution in [0.25, 0.3) is 0 Å². The molecule has 0 unspecified atom stereocenters. The van der Waals surface area contributed by atoms with Gasteiger partial charge in [0.1, 0.15) is 6.10 Å². The molecular weight excluding hydrogens is 150 g/mol. The summed E-state index contributed by atoms with van der Waals surface area (Å²) in [5.74, 6) is 0. The van der Waals surface area contributed by atoms with E-state index in [0.717, 1.165) is 19.6 Å². The highest BCUT2D eigenvalue weighted by molar-refractivity contribution is 4.88. The van der Waals surface area contributed by atoms with Gasteiger partial charge in [0, 0.05) is 19.2 Å². The van der Waals surface area contributed by atoms with E-state index in [1.165, 1.54) is 19.1 Å². The average molecular weight is 170 g/mol. The standard InChI is InChI=1S/C10H20NO/c1-4-12-10-6-5-7-11(8-10)9(2)3/h9H,4-8H2,1-3H3. The molecule has 71 valence electrons. The molecule has 2 nitrogen and oxygen atoms in total. The van der Waals surface area contributed by atoms with E-state index >= 15 is 0 Å². The number of piperidine rings is 1. The number of rotatable bonds is 3. The van der Waals surface area contributed by atoms with Crippen LogP contribution < -0.4 is 0 Å². The van der Waals surface area contributed by atoms with Gasteiger partial charge < -0.3 is 4.74 Å². The zero-order chi connectivity index (χ0) is 8.97. The molecular formula is C10H20NO. The molecule has 0 saturated carbocycles. The van der Waals surface area contributed by atoms with Crippen LogP contribution in [0, 0.1) is 6.10 Å². The second kappa shape index (κ2) is 4.83. The molecule has 0 spiro atoms. The first-order valence-electron chi connectivity index (χ1n) is 4.95. The molecule has 1 aliphatic rings. The Morgan fingerprint density at radius 3 is 2.83 bits per heavy atom. The summed E-state index contributed by atoms with van der Waals surface area (Å²) >= 11 is 0. The number of ether oxygens (including phenoxy) is 1. The average Bonchev–Trinajstić information content (AvgIpc) is 2.05. The maximum Gasteiger partial charge on any atom is 0.111 e. The molecule has 0 aliphatic carbocycles. The van der Waals surface area contributed by atoms with Crippen LogP contribution in [-0.4, -0.2) is 30.6 Å². The topological polar surface area (TPSA) is 12.5 Å². The van der Waals surface area contributed by atoms with Gasteiger partial charge in [0.05, 0.1) is 0 Å². The van der Waals surface area contributed by atoms with Crippen molar-refractivity contribution in [1.29, 1.82) is 0 Å². The zero-order valence-corrected chi connectivity index (χ0v) is 8.47. The van der Waals surface area contributed by atoms with Gasteiger partial charge in [-0.05, 0) is 40.2 Å². The molecule has 0 bridgehead atoms. The van der Waals surface area contributed by atoms with Crippen LogP contribution >= 0.6 is 0 Å². The van der Waals surface area contributed by atoms with E-state index in [2.05, 4.69) is 25.7 Å². The summed E-state index contributed by atoms with van der Waals surface area (Å²) in [4.78, 5) is 2.47. The zero-order valence-electron chi connectivity index (χ0n) is 8.47. The lowest BCUT2D eigenvalue weighted by Gasteiger charge is -2.34. The number of hydrogen-bond acceptors (Lipinski definition) is 2. The van der Waals surface area contributed by atoms with Crippen LogP contribution in [-0.2, 0) is 4.74 Å². The Balaban J connectivity index is 2.30. The first kappa shape index (κ1) is 10.0. The molecule has 1 aliphatic heterocycles. The third kappa shape index (κ3) is 2.76. The molecule has 1 fully saturated rings. The van der Waals surface area contributed by atoms with Gasteiger partial charge in [0.25, 0.3) is 0 Å². The van der Waals surface area contributed by atoms with Crippen molar-refractivity contribution in [1.82, 2.24) is 4.90 Å². The molecule has 0 aromatic heterocycles. The summed E-state index contributed by atoms with van der Waals surface area (Å²) in [6.45, 7) is 9.64. The van der Waals surface area contributed by atoms with E-state index in [1.807, 2.05) is 0 Å². The maximum absolute atomic E-state index is 5.54. The van der Waals surface area contributed by atoms with Crippen molar-refractivity contribution in [3.05, 3.63) is 6.10 Å². The molecule has 0 atom stereocenters. The predicted octanol–water partition coefficient (Wildman–Crippen LogP) is 2.06. The normalized spacial score (nSPS) is 22.0. The number of nitrogens with zero attached hydrogens (tertiary/aromatic N) is 1. The molecule has 0 aromatic carbocycles. The van der Waals surface area contributed by atoms with Gasteiger partial charge in [-0.2, -0.15) is 0 Å². The third-order valence-electron chi connectivity index (χ3n) is 2.36. The molecule has 0 N–H and O–H groups in total. The third-order valence-corrected chi connectivity index (χ3v) is 2.36. The summed E-state index contributed by atoms with van der Waals surface area (Å²) in [5.41, 5.74) is 0. The van der Waals surface area contributed by atoms with E-state index < -0.39 is 0 Å². The minimum atomic E-state index is 0.653. The lowest BCUT2D eigenvalue weighted by Crippen LogP contribution is -2.39. The van der Waals surface area contributed by atoms with Gasteiger partial charge in [0.2, 0.25) is 0 Å². The molecule has 12 heavy (non-hydrogen) atoms. The van der Waals surface area contributed by atoms with Crippen LogP contribution in [0.4, 0.5) is 0 Å². The van der Waals surface area contributed by atoms with Crippen LogP contribution in [0.5, 0.6) is 0 Å². The smallest absolute Gasteiger partial charge is 0.111 e. The summed E-state index contributed by atoms with van der Waals surface area (Å²) in [6, 6.07) is 0.653. The van der Waals surface area contributed by atoms with Crippen LogP contribution in [0.1, 0.15) is 33.6 Å². The Labute approximate surface area is 75.9 Å². The maximum atomic E-state index is 5.54. The summed E-state index contributed by atoms with van der Waals surface area (Å²) in [7, 11) is 0. The van der Waals surface area contributed by atoms with Crippen molar-refractivity contribution in [2.45, 2.75) is 39.7 Å². The van der Waals surface area contributed by atoms with Gasteiger partial charge >= 0.3 is 0 Å². The second-order valence-electron chi connectivity index (χ2n) is 3.64. The molecule has 1 rings (SSSR count). The Bertz CT molecular complexity index is 123. The minimum absolute atomic E-state index is 0.653. The van der Waals surface area contributed by atoms with Crippen LogP contribution in [0.2, 0.25) is 0 Å². The fourth-order valence-electron chi connectivity index (χ4n) is 1.63. The molecule has 2 heteroatoms. The molecule has 1 heterocycles. The molecule has 1 radical (unpaired) electrons. The quantitative estimate of drug-likeness (QED) is 0.643. The lowest BCUT2D eigenvalue weighted by atomic mass is 10.1. The highest BCUT2D eigenvalue weighted by Gasteiger charge is 2.22. The lowest BCUT2D eigenvalue weighted by molar-refractivity contribution is 0.0709. The second-order valence-corrected chi connectivity index (χ2v) is 3.64. The largest absolute Gasteiger partial charge is 0.371 e. The Morgan fingerprint density at radius 2 is 2.25 bits per heavy atom. The number of hydrogen-bond donors (Lipinski definition) is 0. The van der Waals surface area contributed by atoms with Gasteiger partial charge in [-0.15, -0.1) is 0 Å². The van der Waals surface area contributed by atoms with Gasteiger partial charge in [-0.3, -0.25) is 4.90 Å². The number of likely N-dealkylation sites (tertiary alicyclic amines) is 1. The first-order valence-corrected chi connectivity index (χ1v) is 4.95. The van der Waals surface area contributed by atoms with Crippen molar-refractivity contribution < 1.29 is 4.74 Å². The van der Waals surface area contributed by atoms with Crippen molar-refractivity contribution in [2.75, 3.05) is 19.7 Å². The molecule has 0 aromatic rings. The summed E-state index contributed by atoms with van der Waals surface area (Å²) in [6.07, 6.45) is 3.70. The highest BCUT2D eigenvalue weighted by Crippen LogP contribution is 2.20. The Morgan fingerprint density at radius 1 is 1.50 bits per heavy atom. The van der Waals surface area contributed by atoms with Gasteiger partial charge in [-0.1, -0.05) is 0 Å². The molecule has 0 amide bonds. The Kier molecular flexibility index (Phi) is 4.02. The van der Waals surface area contributed by atoms with E-state index in [9.17, 15) is 0 Å².